The van der Waals surface area contributed by atoms with E-state index in [4.69, 9.17) is 5.14 Å². The number of amides is 1. The molecule has 0 saturated heterocycles. The quantitative estimate of drug-likeness (QED) is 0.539. The van der Waals surface area contributed by atoms with E-state index in [1.54, 1.807) is 6.92 Å². The van der Waals surface area contributed by atoms with Gasteiger partial charge >= 0.3 is 0 Å². The Morgan fingerprint density at radius 3 is 2.27 bits per heavy atom. The SMILES string of the molecule is CC(C)NC(=O)C(C)NCCS(N)(=O)=O. The van der Waals surface area contributed by atoms with Gasteiger partial charge in [-0.2, -0.15) is 0 Å². The van der Waals surface area contributed by atoms with Crippen LogP contribution in [0.5, 0.6) is 0 Å². The van der Waals surface area contributed by atoms with Crippen molar-refractivity contribution in [2.24, 2.45) is 5.14 Å². The van der Waals surface area contributed by atoms with Crippen molar-refractivity contribution >= 4 is 15.9 Å². The van der Waals surface area contributed by atoms with Crippen LogP contribution in [0.4, 0.5) is 0 Å². The molecular formula is C8H19N3O3S. The molecule has 0 fully saturated rings. The van der Waals surface area contributed by atoms with Crippen LogP contribution in [0, 0.1) is 0 Å². The van der Waals surface area contributed by atoms with E-state index >= 15 is 0 Å². The molecule has 0 spiro atoms. The van der Waals surface area contributed by atoms with Crippen LogP contribution in [-0.2, 0) is 14.8 Å². The summed E-state index contributed by atoms with van der Waals surface area (Å²) in [4.78, 5) is 11.4. The molecule has 0 radical (unpaired) electrons. The predicted molar refractivity (Wildman–Crippen MR) is 58.7 cm³/mol. The van der Waals surface area contributed by atoms with Crippen LogP contribution in [0.15, 0.2) is 0 Å². The fourth-order valence-electron chi connectivity index (χ4n) is 0.920. The maximum Gasteiger partial charge on any atom is 0.237 e. The van der Waals surface area contributed by atoms with Crippen LogP contribution in [0.1, 0.15) is 20.8 Å². The third kappa shape index (κ3) is 8.34. The molecule has 15 heavy (non-hydrogen) atoms. The summed E-state index contributed by atoms with van der Waals surface area (Å²) in [5.41, 5.74) is 0. The van der Waals surface area contributed by atoms with Gasteiger partial charge in [0, 0.05) is 12.6 Å². The predicted octanol–water partition coefficient (Wildman–Crippen LogP) is -1.22. The molecule has 7 heteroatoms. The lowest BCUT2D eigenvalue weighted by Crippen LogP contribution is -2.46. The molecule has 0 aromatic carbocycles. The number of nitrogens with one attached hydrogen (secondary N) is 2. The normalized spacial score (nSPS) is 13.9. The standard InChI is InChI=1S/C8H19N3O3S/c1-6(2)11-8(12)7(3)10-4-5-15(9,13)14/h6-7,10H,4-5H2,1-3H3,(H,11,12)(H2,9,13,14). The van der Waals surface area contributed by atoms with Crippen molar-refractivity contribution in [1.82, 2.24) is 10.6 Å². The smallest absolute Gasteiger partial charge is 0.237 e. The average molecular weight is 237 g/mol. The van der Waals surface area contributed by atoms with Gasteiger partial charge in [0.15, 0.2) is 0 Å². The molecule has 0 aliphatic rings. The number of carbonyl (C=O) groups is 1. The summed E-state index contributed by atoms with van der Waals surface area (Å²) in [6.45, 7) is 5.55. The lowest BCUT2D eigenvalue weighted by atomic mass is 10.3. The van der Waals surface area contributed by atoms with Crippen LogP contribution < -0.4 is 15.8 Å². The van der Waals surface area contributed by atoms with E-state index in [0.717, 1.165) is 0 Å². The molecule has 0 aromatic heterocycles. The number of rotatable bonds is 6. The monoisotopic (exact) mass is 237 g/mol. The van der Waals surface area contributed by atoms with E-state index < -0.39 is 16.1 Å². The molecule has 0 heterocycles. The Balaban J connectivity index is 3.84. The van der Waals surface area contributed by atoms with Crippen molar-refractivity contribution in [3.8, 4) is 0 Å². The molecule has 1 atom stereocenters. The molecule has 6 nitrogen and oxygen atoms in total. The highest BCUT2D eigenvalue weighted by Crippen LogP contribution is 1.85. The van der Waals surface area contributed by atoms with E-state index in [1.807, 2.05) is 13.8 Å². The zero-order chi connectivity index (χ0) is 12.1. The summed E-state index contributed by atoms with van der Waals surface area (Å²) < 4.78 is 21.2. The number of hydrogen-bond donors (Lipinski definition) is 3. The Bertz CT molecular complexity index is 300. The summed E-state index contributed by atoms with van der Waals surface area (Å²) >= 11 is 0. The Kier molecular flexibility index (Phi) is 5.77. The summed E-state index contributed by atoms with van der Waals surface area (Å²) in [5.74, 6) is -0.328. The van der Waals surface area contributed by atoms with Gasteiger partial charge in [0.05, 0.1) is 11.8 Å². The topological polar surface area (TPSA) is 101 Å². The summed E-state index contributed by atoms with van der Waals surface area (Å²) in [6, 6.07) is -0.353. The molecule has 0 bridgehead atoms. The number of carbonyl (C=O) groups excluding carboxylic acids is 1. The average Bonchev–Trinajstić information content (AvgIpc) is 2.00. The van der Waals surface area contributed by atoms with Gasteiger partial charge in [-0.15, -0.1) is 0 Å². The van der Waals surface area contributed by atoms with E-state index in [0.29, 0.717) is 0 Å². The van der Waals surface area contributed by atoms with Gasteiger partial charge in [-0.25, -0.2) is 13.6 Å². The molecule has 1 amide bonds. The van der Waals surface area contributed by atoms with Crippen molar-refractivity contribution in [3.05, 3.63) is 0 Å². The van der Waals surface area contributed by atoms with Gasteiger partial charge in [0.1, 0.15) is 0 Å². The first-order valence-electron chi connectivity index (χ1n) is 4.76. The van der Waals surface area contributed by atoms with Crippen molar-refractivity contribution in [3.63, 3.8) is 0 Å². The summed E-state index contributed by atoms with van der Waals surface area (Å²) in [5, 5.41) is 10.3. The second-order valence-electron chi connectivity index (χ2n) is 3.71. The van der Waals surface area contributed by atoms with Gasteiger partial charge < -0.3 is 10.6 Å². The minimum absolute atomic E-state index is 0.0694. The van der Waals surface area contributed by atoms with E-state index in [2.05, 4.69) is 10.6 Å². The molecule has 0 saturated carbocycles. The maximum absolute atomic E-state index is 11.4. The largest absolute Gasteiger partial charge is 0.353 e. The lowest BCUT2D eigenvalue weighted by Gasteiger charge is -2.15. The fraction of sp³-hybridized carbons (Fsp3) is 0.875. The second-order valence-corrected chi connectivity index (χ2v) is 5.44. The summed E-state index contributed by atoms with van der Waals surface area (Å²) in [6.07, 6.45) is 0. The molecule has 0 aliphatic carbocycles. The molecule has 90 valence electrons. The zero-order valence-electron chi connectivity index (χ0n) is 9.28. The molecule has 0 rings (SSSR count). The lowest BCUT2D eigenvalue weighted by molar-refractivity contribution is -0.123. The number of primary sulfonamides is 1. The van der Waals surface area contributed by atoms with E-state index in [-0.39, 0.29) is 24.2 Å². The van der Waals surface area contributed by atoms with Crippen molar-refractivity contribution in [2.45, 2.75) is 32.9 Å². The van der Waals surface area contributed by atoms with Crippen LogP contribution in [0.3, 0.4) is 0 Å². The maximum atomic E-state index is 11.4. The Labute approximate surface area is 90.7 Å². The first-order valence-corrected chi connectivity index (χ1v) is 6.48. The highest BCUT2D eigenvalue weighted by atomic mass is 32.2. The van der Waals surface area contributed by atoms with E-state index in [9.17, 15) is 13.2 Å². The van der Waals surface area contributed by atoms with Gasteiger partial charge in [0.25, 0.3) is 0 Å². The molecule has 0 aliphatic heterocycles. The molecule has 1 unspecified atom stereocenters. The second kappa shape index (κ2) is 6.04. The minimum atomic E-state index is -3.46. The third-order valence-electron chi connectivity index (χ3n) is 1.66. The number of hydrogen-bond acceptors (Lipinski definition) is 4. The van der Waals surface area contributed by atoms with Crippen molar-refractivity contribution in [1.29, 1.82) is 0 Å². The highest BCUT2D eigenvalue weighted by Gasteiger charge is 2.13. The van der Waals surface area contributed by atoms with Gasteiger partial charge in [-0.05, 0) is 20.8 Å². The molecule has 0 aromatic rings. The number of nitrogens with two attached hydrogens (primary N) is 1. The van der Waals surface area contributed by atoms with Crippen LogP contribution in [0.2, 0.25) is 0 Å². The van der Waals surface area contributed by atoms with Crippen LogP contribution >= 0.6 is 0 Å². The Morgan fingerprint density at radius 2 is 1.87 bits per heavy atom. The minimum Gasteiger partial charge on any atom is -0.353 e. The van der Waals surface area contributed by atoms with Crippen LogP contribution in [-0.4, -0.2) is 38.7 Å². The number of sulfonamides is 1. The Hall–Kier alpha value is -0.660. The third-order valence-corrected chi connectivity index (χ3v) is 2.43. The van der Waals surface area contributed by atoms with Gasteiger partial charge in [-0.1, -0.05) is 0 Å². The molecule has 4 N–H and O–H groups in total. The van der Waals surface area contributed by atoms with Gasteiger partial charge in [0.2, 0.25) is 15.9 Å². The van der Waals surface area contributed by atoms with Gasteiger partial charge in [-0.3, -0.25) is 4.79 Å². The van der Waals surface area contributed by atoms with Crippen molar-refractivity contribution in [2.75, 3.05) is 12.3 Å². The van der Waals surface area contributed by atoms with E-state index in [1.165, 1.54) is 0 Å². The zero-order valence-corrected chi connectivity index (χ0v) is 10.1. The Morgan fingerprint density at radius 1 is 1.33 bits per heavy atom. The first-order chi connectivity index (χ1) is 6.72. The molecular weight excluding hydrogens is 218 g/mol. The summed E-state index contributed by atoms with van der Waals surface area (Å²) in [7, 11) is -3.46. The van der Waals surface area contributed by atoms with Crippen molar-refractivity contribution < 1.29 is 13.2 Å². The first kappa shape index (κ1) is 14.3. The fourth-order valence-corrected chi connectivity index (χ4v) is 1.32. The van der Waals surface area contributed by atoms with Crippen LogP contribution in [0.25, 0.3) is 0 Å². The highest BCUT2D eigenvalue weighted by molar-refractivity contribution is 7.89.